The van der Waals surface area contributed by atoms with Gasteiger partial charge in [0.05, 0.1) is 7.11 Å². The van der Waals surface area contributed by atoms with Crippen molar-refractivity contribution in [2.24, 2.45) is 0 Å². The Hall–Kier alpha value is -1.52. The molecule has 1 aromatic rings. The Labute approximate surface area is 71.1 Å². The lowest BCUT2D eigenvalue weighted by Crippen LogP contribution is -2.20. The molecule has 0 aromatic carbocycles. The molecule has 0 saturated carbocycles. The van der Waals surface area contributed by atoms with Gasteiger partial charge in [0.2, 0.25) is 0 Å². The number of nitrogens with zero attached hydrogens (tertiary/aromatic N) is 1. The summed E-state index contributed by atoms with van der Waals surface area (Å²) < 4.78 is 4.44. The van der Waals surface area contributed by atoms with Crippen molar-refractivity contribution in [3.8, 4) is 0 Å². The van der Waals surface area contributed by atoms with Crippen LogP contribution in [0.4, 0.5) is 5.82 Å². The van der Waals surface area contributed by atoms with E-state index in [0.29, 0.717) is 0 Å². The fourth-order valence-corrected chi connectivity index (χ4v) is 0.745. The van der Waals surface area contributed by atoms with Crippen LogP contribution in [0.15, 0.2) is 12.1 Å². The summed E-state index contributed by atoms with van der Waals surface area (Å²) in [6.07, 6.45) is 0. The van der Waals surface area contributed by atoms with E-state index in [1.54, 1.807) is 0 Å². The summed E-state index contributed by atoms with van der Waals surface area (Å²) in [4.78, 5) is 14.7. The fourth-order valence-electron chi connectivity index (χ4n) is 0.745. The van der Waals surface area contributed by atoms with Gasteiger partial charge in [-0.15, -0.1) is 0 Å². The minimum atomic E-state index is -0.584. The number of hydrogen-bond acceptors (Lipinski definition) is 4. The van der Waals surface area contributed by atoms with Crippen LogP contribution in [0.3, 0.4) is 0 Å². The molecule has 0 aliphatic rings. The Balaban J connectivity index is 3.13. The van der Waals surface area contributed by atoms with E-state index in [9.17, 15) is 4.79 Å². The van der Waals surface area contributed by atoms with Crippen LogP contribution < -0.4 is 11.2 Å². The lowest BCUT2D eigenvalue weighted by Gasteiger charge is -2.02. The largest absolute Gasteiger partial charge is 0.464 e. The number of anilines is 1. The molecule has 0 amide bonds. The van der Waals surface area contributed by atoms with Crippen LogP contribution >= 0.6 is 0 Å². The van der Waals surface area contributed by atoms with E-state index < -0.39 is 5.97 Å². The van der Waals surface area contributed by atoms with Crippen molar-refractivity contribution in [3.05, 3.63) is 17.8 Å². The zero-order valence-electron chi connectivity index (χ0n) is 6.57. The van der Waals surface area contributed by atoms with Gasteiger partial charge in [-0.1, -0.05) is 11.5 Å². The number of pyridine rings is 1. The Bertz CT molecular complexity index is 314. The molecule has 5 heteroatoms. The number of carbonyl (C=O) groups is 1. The van der Waals surface area contributed by atoms with Crippen molar-refractivity contribution in [1.29, 1.82) is 0 Å². The van der Waals surface area contributed by atoms with Crippen LogP contribution in [0.1, 0.15) is 10.5 Å². The first-order chi connectivity index (χ1) is 5.65. The lowest BCUT2D eigenvalue weighted by atomic mass is 9.94. The lowest BCUT2D eigenvalue weighted by molar-refractivity contribution is 0.0596. The molecule has 12 heavy (non-hydrogen) atoms. The first-order valence-corrected chi connectivity index (χ1v) is 3.25. The smallest absolute Gasteiger partial charge is 0.356 e. The number of nitrogen functional groups attached to an aromatic ring is 1. The number of hydrogen-bond donors (Lipinski definition) is 1. The molecule has 0 atom stereocenters. The maximum atomic E-state index is 11.0. The van der Waals surface area contributed by atoms with Crippen LogP contribution in [-0.4, -0.2) is 25.9 Å². The predicted octanol–water partition coefficient (Wildman–Crippen LogP) is -0.756. The summed E-state index contributed by atoms with van der Waals surface area (Å²) in [7, 11) is 6.70. The maximum absolute atomic E-state index is 11.0. The molecular formula is C7H7BN2O2. The Morgan fingerprint density at radius 1 is 1.67 bits per heavy atom. The van der Waals surface area contributed by atoms with Crippen molar-refractivity contribution < 1.29 is 9.53 Å². The summed E-state index contributed by atoms with van der Waals surface area (Å²) in [6.45, 7) is 0. The van der Waals surface area contributed by atoms with Crippen molar-refractivity contribution in [1.82, 2.24) is 4.98 Å². The van der Waals surface area contributed by atoms with E-state index >= 15 is 0 Å². The fraction of sp³-hybridized carbons (Fsp3) is 0.143. The van der Waals surface area contributed by atoms with Crippen LogP contribution in [0.5, 0.6) is 0 Å². The van der Waals surface area contributed by atoms with E-state index in [2.05, 4.69) is 9.72 Å². The quantitative estimate of drug-likeness (QED) is 0.435. The molecule has 2 N–H and O–H groups in total. The second-order valence-corrected chi connectivity index (χ2v) is 2.17. The van der Waals surface area contributed by atoms with Gasteiger partial charge in [0, 0.05) is 0 Å². The molecule has 2 radical (unpaired) electrons. The summed E-state index contributed by atoms with van der Waals surface area (Å²) in [5.74, 6) is -0.343. The highest BCUT2D eigenvalue weighted by molar-refractivity contribution is 6.35. The predicted molar refractivity (Wildman–Crippen MR) is 45.4 cm³/mol. The highest BCUT2D eigenvalue weighted by Crippen LogP contribution is 1.98. The van der Waals surface area contributed by atoms with Crippen LogP contribution in [0.2, 0.25) is 0 Å². The third kappa shape index (κ3) is 1.55. The number of esters is 1. The molecule has 0 aliphatic carbocycles. The average Bonchev–Trinajstić information content (AvgIpc) is 2.08. The molecule has 1 aromatic heterocycles. The van der Waals surface area contributed by atoms with E-state index in [1.165, 1.54) is 19.2 Å². The van der Waals surface area contributed by atoms with Crippen LogP contribution in [0.25, 0.3) is 0 Å². The van der Waals surface area contributed by atoms with E-state index in [4.69, 9.17) is 13.6 Å². The standard InChI is InChI=1S/C7H7BN2O2/c1-12-7(11)6-4(8)2-3-5(9)10-6/h2-3H,1H3,(H2,9,10). The number of ether oxygens (including phenoxy) is 1. The van der Waals surface area contributed by atoms with Crippen LogP contribution in [0, 0.1) is 0 Å². The van der Waals surface area contributed by atoms with Gasteiger partial charge in [-0.3, -0.25) is 0 Å². The normalized spacial score (nSPS) is 9.42. The zero-order valence-corrected chi connectivity index (χ0v) is 6.57. The Morgan fingerprint density at radius 2 is 2.33 bits per heavy atom. The summed E-state index contributed by atoms with van der Waals surface area (Å²) >= 11 is 0. The van der Waals surface area contributed by atoms with E-state index in [-0.39, 0.29) is 17.0 Å². The molecular weight excluding hydrogens is 155 g/mol. The highest BCUT2D eigenvalue weighted by atomic mass is 16.5. The van der Waals surface area contributed by atoms with Crippen LogP contribution in [-0.2, 0) is 4.74 Å². The van der Waals surface area contributed by atoms with Gasteiger partial charge in [0.1, 0.15) is 19.4 Å². The van der Waals surface area contributed by atoms with E-state index in [1.807, 2.05) is 0 Å². The SMILES string of the molecule is [B]c1ccc(N)nc1C(=O)OC. The first-order valence-electron chi connectivity index (χ1n) is 3.25. The third-order valence-corrected chi connectivity index (χ3v) is 1.33. The van der Waals surface area contributed by atoms with Gasteiger partial charge in [0.25, 0.3) is 0 Å². The third-order valence-electron chi connectivity index (χ3n) is 1.33. The number of carbonyl (C=O) groups excluding carboxylic acids is 1. The molecule has 0 bridgehead atoms. The monoisotopic (exact) mass is 162 g/mol. The maximum Gasteiger partial charge on any atom is 0.356 e. The number of methoxy groups -OCH3 is 1. The van der Waals surface area contributed by atoms with Gasteiger partial charge in [-0.05, 0) is 6.07 Å². The van der Waals surface area contributed by atoms with Gasteiger partial charge < -0.3 is 10.5 Å². The zero-order chi connectivity index (χ0) is 9.14. The first kappa shape index (κ1) is 8.58. The Kier molecular flexibility index (Phi) is 2.33. The van der Waals surface area contributed by atoms with Gasteiger partial charge in [-0.2, -0.15) is 0 Å². The number of nitrogens with two attached hydrogens (primary N) is 1. The second kappa shape index (κ2) is 3.25. The minimum absolute atomic E-state index is 0.0532. The van der Waals surface area contributed by atoms with Crippen molar-refractivity contribution >= 4 is 25.1 Å². The molecule has 0 aliphatic heterocycles. The van der Waals surface area contributed by atoms with Crippen molar-refractivity contribution in [3.63, 3.8) is 0 Å². The van der Waals surface area contributed by atoms with Crippen molar-refractivity contribution in [2.45, 2.75) is 0 Å². The summed E-state index contributed by atoms with van der Waals surface area (Å²) in [5.41, 5.74) is 5.66. The summed E-state index contributed by atoms with van der Waals surface area (Å²) in [5, 5.41) is 0. The number of rotatable bonds is 1. The van der Waals surface area contributed by atoms with Crippen molar-refractivity contribution in [2.75, 3.05) is 12.8 Å². The topological polar surface area (TPSA) is 65.2 Å². The van der Waals surface area contributed by atoms with Gasteiger partial charge in [0.15, 0.2) is 0 Å². The highest BCUT2D eigenvalue weighted by Gasteiger charge is 2.09. The molecule has 4 nitrogen and oxygen atoms in total. The Morgan fingerprint density at radius 3 is 2.92 bits per heavy atom. The molecule has 0 saturated heterocycles. The molecule has 0 fully saturated rings. The average molecular weight is 162 g/mol. The second-order valence-electron chi connectivity index (χ2n) is 2.17. The van der Waals surface area contributed by atoms with Gasteiger partial charge in [-0.25, -0.2) is 9.78 Å². The molecule has 1 rings (SSSR count). The molecule has 0 unspecified atom stereocenters. The summed E-state index contributed by atoms with van der Waals surface area (Å²) in [6, 6.07) is 3.02. The molecule has 1 heterocycles. The van der Waals surface area contributed by atoms with Gasteiger partial charge >= 0.3 is 5.97 Å². The molecule has 60 valence electrons. The van der Waals surface area contributed by atoms with E-state index in [0.717, 1.165) is 0 Å². The number of aromatic nitrogens is 1. The minimum Gasteiger partial charge on any atom is -0.464 e. The molecule has 0 spiro atoms.